The van der Waals surface area contributed by atoms with Crippen molar-refractivity contribution in [1.82, 2.24) is 9.55 Å². The Balaban J connectivity index is 2.11. The third-order valence-corrected chi connectivity index (χ3v) is 3.13. The van der Waals surface area contributed by atoms with Crippen LogP contribution in [0.15, 0.2) is 30.5 Å². The number of benzene rings is 1. The van der Waals surface area contributed by atoms with Gasteiger partial charge in [-0.15, -0.1) is 0 Å². The van der Waals surface area contributed by atoms with Gasteiger partial charge in [0, 0.05) is 10.7 Å². The van der Waals surface area contributed by atoms with Crippen LogP contribution in [0.1, 0.15) is 16.3 Å². The number of hydrogen-bond acceptors (Lipinski definition) is 4. The lowest BCUT2D eigenvalue weighted by Gasteiger charge is -2.10. The van der Waals surface area contributed by atoms with Gasteiger partial charge in [-0.25, -0.2) is 9.78 Å². The fraction of sp³-hybridized carbons (Fsp3) is 0.214. The second-order valence-electron chi connectivity index (χ2n) is 4.32. The second-order valence-corrected chi connectivity index (χ2v) is 4.76. The first-order chi connectivity index (χ1) is 10.0. The molecule has 7 heteroatoms. The predicted molar refractivity (Wildman–Crippen MR) is 78.4 cm³/mol. The van der Waals surface area contributed by atoms with E-state index in [0.717, 1.165) is 0 Å². The highest BCUT2D eigenvalue weighted by Gasteiger charge is 2.17. The smallest absolute Gasteiger partial charge is 0.356 e. The molecule has 0 bridgehead atoms. The van der Waals surface area contributed by atoms with Crippen LogP contribution in [0.5, 0.6) is 0 Å². The number of aromatic nitrogens is 2. The van der Waals surface area contributed by atoms with Crippen molar-refractivity contribution in [3.63, 3.8) is 0 Å². The zero-order chi connectivity index (χ0) is 15.4. The molecule has 2 aromatic rings. The molecule has 1 heterocycles. The number of carbonyl (C=O) groups is 2. The first-order valence-electron chi connectivity index (χ1n) is 6.17. The molecule has 0 unspecified atom stereocenters. The third-order valence-electron chi connectivity index (χ3n) is 2.88. The lowest BCUT2D eigenvalue weighted by molar-refractivity contribution is -0.116. The summed E-state index contributed by atoms with van der Waals surface area (Å²) in [4.78, 5) is 27.7. The highest BCUT2D eigenvalue weighted by Crippen LogP contribution is 2.14. The summed E-state index contributed by atoms with van der Waals surface area (Å²) in [5.74, 6) is -0.250. The molecule has 0 aliphatic heterocycles. The zero-order valence-electron chi connectivity index (χ0n) is 11.6. The van der Waals surface area contributed by atoms with Crippen molar-refractivity contribution in [1.29, 1.82) is 0 Å². The van der Waals surface area contributed by atoms with Crippen molar-refractivity contribution >= 4 is 29.2 Å². The van der Waals surface area contributed by atoms with E-state index in [1.54, 1.807) is 31.2 Å². The van der Waals surface area contributed by atoms with Gasteiger partial charge in [0.15, 0.2) is 0 Å². The van der Waals surface area contributed by atoms with Crippen LogP contribution in [0.4, 0.5) is 5.69 Å². The second kappa shape index (κ2) is 6.41. The third kappa shape index (κ3) is 3.61. The Morgan fingerprint density at radius 2 is 2.00 bits per heavy atom. The van der Waals surface area contributed by atoms with E-state index >= 15 is 0 Å². The molecule has 0 saturated carbocycles. The fourth-order valence-electron chi connectivity index (χ4n) is 1.81. The molecule has 1 N–H and O–H groups in total. The minimum atomic E-state index is -0.533. The number of nitrogens with one attached hydrogen (secondary N) is 1. The highest BCUT2D eigenvalue weighted by molar-refractivity contribution is 6.30. The number of halogens is 1. The van der Waals surface area contributed by atoms with Gasteiger partial charge >= 0.3 is 5.97 Å². The first-order valence-corrected chi connectivity index (χ1v) is 6.55. The molecule has 0 spiro atoms. The van der Waals surface area contributed by atoms with E-state index in [1.165, 1.54) is 17.9 Å². The molecular formula is C14H14ClN3O3. The number of aryl methyl sites for hydroxylation is 1. The topological polar surface area (TPSA) is 73.2 Å². The maximum atomic E-state index is 12.0. The van der Waals surface area contributed by atoms with Crippen molar-refractivity contribution in [3.8, 4) is 0 Å². The number of methoxy groups -OCH3 is 1. The lowest BCUT2D eigenvalue weighted by atomic mass is 10.3. The van der Waals surface area contributed by atoms with Crippen LogP contribution in [0, 0.1) is 6.92 Å². The maximum absolute atomic E-state index is 12.0. The van der Waals surface area contributed by atoms with Crippen LogP contribution < -0.4 is 5.32 Å². The molecule has 0 radical (unpaired) electrons. The van der Waals surface area contributed by atoms with E-state index in [-0.39, 0.29) is 18.1 Å². The summed E-state index contributed by atoms with van der Waals surface area (Å²) in [5, 5.41) is 3.31. The van der Waals surface area contributed by atoms with Crippen molar-refractivity contribution < 1.29 is 14.3 Å². The Bertz CT molecular complexity index is 665. The molecule has 0 aliphatic rings. The van der Waals surface area contributed by atoms with E-state index in [1.807, 2.05) is 0 Å². The van der Waals surface area contributed by atoms with E-state index < -0.39 is 5.97 Å². The number of amides is 1. The molecular weight excluding hydrogens is 294 g/mol. The number of ether oxygens (including phenoxy) is 1. The van der Waals surface area contributed by atoms with Crippen LogP contribution >= 0.6 is 11.6 Å². The van der Waals surface area contributed by atoms with Gasteiger partial charge in [-0.3, -0.25) is 4.79 Å². The average molecular weight is 308 g/mol. The molecule has 0 saturated heterocycles. The van der Waals surface area contributed by atoms with Crippen LogP contribution in [0.3, 0.4) is 0 Å². The van der Waals surface area contributed by atoms with E-state index in [0.29, 0.717) is 16.5 Å². The van der Waals surface area contributed by atoms with Crippen LogP contribution in [0.2, 0.25) is 5.02 Å². The fourth-order valence-corrected chi connectivity index (χ4v) is 1.94. The predicted octanol–water partition coefficient (Wildman–Crippen LogP) is 2.27. The monoisotopic (exact) mass is 307 g/mol. The largest absolute Gasteiger partial charge is 0.464 e. The number of rotatable bonds is 4. The summed E-state index contributed by atoms with van der Waals surface area (Å²) in [6, 6.07) is 6.75. The van der Waals surface area contributed by atoms with Gasteiger partial charge in [0.2, 0.25) is 5.91 Å². The van der Waals surface area contributed by atoms with Gasteiger partial charge in [0.1, 0.15) is 18.1 Å². The quantitative estimate of drug-likeness (QED) is 0.879. The van der Waals surface area contributed by atoms with Crippen molar-refractivity contribution in [2.75, 3.05) is 12.4 Å². The highest BCUT2D eigenvalue weighted by atomic mass is 35.5. The average Bonchev–Trinajstić information content (AvgIpc) is 2.82. The Hall–Kier alpha value is -2.34. The van der Waals surface area contributed by atoms with Crippen molar-refractivity contribution in [2.24, 2.45) is 0 Å². The summed E-state index contributed by atoms with van der Waals surface area (Å²) in [6.45, 7) is 1.68. The Labute approximate surface area is 126 Å². The Kier molecular flexibility index (Phi) is 4.59. The van der Waals surface area contributed by atoms with Crippen LogP contribution in [0.25, 0.3) is 0 Å². The lowest BCUT2D eigenvalue weighted by Crippen LogP contribution is -2.22. The minimum Gasteiger partial charge on any atom is -0.464 e. The molecule has 21 heavy (non-hydrogen) atoms. The van der Waals surface area contributed by atoms with Gasteiger partial charge < -0.3 is 14.6 Å². The molecule has 0 atom stereocenters. The van der Waals surface area contributed by atoms with Crippen molar-refractivity contribution in [2.45, 2.75) is 13.5 Å². The van der Waals surface area contributed by atoms with Gasteiger partial charge in [0.25, 0.3) is 0 Å². The Morgan fingerprint density at radius 3 is 2.62 bits per heavy atom. The van der Waals surface area contributed by atoms with Crippen LogP contribution in [-0.2, 0) is 16.1 Å². The molecule has 0 aliphatic carbocycles. The summed E-state index contributed by atoms with van der Waals surface area (Å²) >= 11 is 5.78. The number of esters is 1. The van der Waals surface area contributed by atoms with Gasteiger partial charge in [0.05, 0.1) is 13.3 Å². The van der Waals surface area contributed by atoms with E-state index in [2.05, 4.69) is 15.0 Å². The standard InChI is InChI=1S/C14H14ClN3O3/c1-9-16-7-12(14(20)21-2)18(9)8-13(19)17-11-5-3-10(15)4-6-11/h3-7H,8H2,1-2H3,(H,17,19). The minimum absolute atomic E-state index is 0.0289. The molecule has 1 aromatic carbocycles. The Morgan fingerprint density at radius 1 is 1.33 bits per heavy atom. The van der Waals surface area contributed by atoms with Gasteiger partial charge in [-0.1, -0.05) is 11.6 Å². The molecule has 6 nitrogen and oxygen atoms in total. The number of nitrogens with zero attached hydrogens (tertiary/aromatic N) is 2. The molecule has 1 amide bonds. The number of hydrogen-bond donors (Lipinski definition) is 1. The van der Waals surface area contributed by atoms with Gasteiger partial charge in [-0.05, 0) is 31.2 Å². The summed E-state index contributed by atoms with van der Waals surface area (Å²) < 4.78 is 6.15. The normalized spacial score (nSPS) is 10.2. The SMILES string of the molecule is COC(=O)c1cnc(C)n1CC(=O)Nc1ccc(Cl)cc1. The molecule has 2 rings (SSSR count). The summed E-state index contributed by atoms with van der Waals surface area (Å²) in [5.41, 5.74) is 0.864. The maximum Gasteiger partial charge on any atom is 0.356 e. The summed E-state index contributed by atoms with van der Waals surface area (Å²) in [6.07, 6.45) is 1.39. The number of carbonyl (C=O) groups excluding carboxylic acids is 2. The van der Waals surface area contributed by atoms with E-state index in [4.69, 9.17) is 11.6 Å². The summed E-state index contributed by atoms with van der Waals surface area (Å²) in [7, 11) is 1.28. The number of anilines is 1. The zero-order valence-corrected chi connectivity index (χ0v) is 12.3. The van der Waals surface area contributed by atoms with Crippen LogP contribution in [-0.4, -0.2) is 28.5 Å². The van der Waals surface area contributed by atoms with Gasteiger partial charge in [-0.2, -0.15) is 0 Å². The number of imidazole rings is 1. The first kappa shape index (κ1) is 15.1. The molecule has 0 fully saturated rings. The van der Waals surface area contributed by atoms with Crippen molar-refractivity contribution in [3.05, 3.63) is 47.0 Å². The molecule has 110 valence electrons. The molecule has 1 aromatic heterocycles. The van der Waals surface area contributed by atoms with E-state index in [9.17, 15) is 9.59 Å².